The van der Waals surface area contributed by atoms with Gasteiger partial charge in [0.15, 0.2) is 0 Å². The number of rotatable bonds is 7. The molecule has 1 rings (SSSR count). The number of hydrogen-bond acceptors (Lipinski definition) is 2. The first-order chi connectivity index (χ1) is 7.36. The van der Waals surface area contributed by atoms with E-state index in [4.69, 9.17) is 0 Å². The molecule has 2 heteroatoms. The summed E-state index contributed by atoms with van der Waals surface area (Å²) in [6, 6.07) is 8.88. The second-order valence-electron chi connectivity index (χ2n) is 3.58. The summed E-state index contributed by atoms with van der Waals surface area (Å²) in [6.07, 6.45) is 7.56. The lowest BCUT2D eigenvalue weighted by Gasteiger charge is -2.02. The lowest BCUT2D eigenvalue weighted by atomic mass is 10.2. The monoisotopic (exact) mass is 240 g/mol. The van der Waals surface area contributed by atoms with Gasteiger partial charge in [-0.2, -0.15) is 0 Å². The summed E-state index contributed by atoms with van der Waals surface area (Å²) in [6.45, 7) is 2.26. The Morgan fingerprint density at radius 1 is 0.933 bits per heavy atom. The zero-order valence-electron chi connectivity index (χ0n) is 9.66. The molecule has 0 spiro atoms. The number of benzene rings is 1. The fourth-order valence-corrected chi connectivity index (χ4v) is 2.71. The highest BCUT2D eigenvalue weighted by Crippen LogP contribution is 2.23. The van der Waals surface area contributed by atoms with Gasteiger partial charge in [-0.15, -0.1) is 23.5 Å². The van der Waals surface area contributed by atoms with Crippen molar-refractivity contribution in [2.45, 2.75) is 42.4 Å². The van der Waals surface area contributed by atoms with Crippen LogP contribution in [0.3, 0.4) is 0 Å². The van der Waals surface area contributed by atoms with Gasteiger partial charge in [0.25, 0.3) is 0 Å². The van der Waals surface area contributed by atoms with Gasteiger partial charge in [-0.3, -0.25) is 0 Å². The van der Waals surface area contributed by atoms with Crippen molar-refractivity contribution in [1.82, 2.24) is 0 Å². The van der Waals surface area contributed by atoms with Gasteiger partial charge in [0, 0.05) is 9.79 Å². The van der Waals surface area contributed by atoms with E-state index in [9.17, 15) is 0 Å². The molecule has 0 aromatic heterocycles. The van der Waals surface area contributed by atoms with Crippen molar-refractivity contribution in [2.24, 2.45) is 0 Å². The maximum absolute atomic E-state index is 2.26. The summed E-state index contributed by atoms with van der Waals surface area (Å²) in [5.41, 5.74) is 0. The third-order valence-electron chi connectivity index (χ3n) is 2.33. The Morgan fingerprint density at radius 2 is 1.60 bits per heavy atom. The molecule has 0 aliphatic heterocycles. The van der Waals surface area contributed by atoms with Gasteiger partial charge < -0.3 is 0 Å². The maximum Gasteiger partial charge on any atom is 0.00727 e. The molecule has 0 N–H and O–H groups in total. The van der Waals surface area contributed by atoms with Crippen LogP contribution >= 0.6 is 23.5 Å². The fourth-order valence-electron chi connectivity index (χ4n) is 1.39. The van der Waals surface area contributed by atoms with Crippen molar-refractivity contribution >= 4 is 23.5 Å². The Balaban J connectivity index is 2.20. The predicted octanol–water partition coefficient (Wildman–Crippen LogP) is 5.08. The number of thioether (sulfide) groups is 2. The van der Waals surface area contributed by atoms with Crippen molar-refractivity contribution in [3.05, 3.63) is 24.3 Å². The van der Waals surface area contributed by atoms with Crippen LogP contribution in [0, 0.1) is 0 Å². The molecule has 0 fully saturated rings. The Bertz CT molecular complexity index is 254. The maximum atomic E-state index is 2.26. The van der Waals surface area contributed by atoms with Gasteiger partial charge >= 0.3 is 0 Å². The van der Waals surface area contributed by atoms with Crippen LogP contribution in [0.5, 0.6) is 0 Å². The first-order valence-corrected chi connectivity index (χ1v) is 7.84. The highest BCUT2D eigenvalue weighted by molar-refractivity contribution is 7.99. The van der Waals surface area contributed by atoms with E-state index in [1.807, 2.05) is 11.8 Å². The minimum absolute atomic E-state index is 1.26. The summed E-state index contributed by atoms with van der Waals surface area (Å²) >= 11 is 3.78. The van der Waals surface area contributed by atoms with Crippen molar-refractivity contribution in [2.75, 3.05) is 12.0 Å². The first-order valence-electron chi connectivity index (χ1n) is 5.63. The van der Waals surface area contributed by atoms with Crippen LogP contribution in [0.1, 0.15) is 32.6 Å². The smallest absolute Gasteiger partial charge is 0.00727 e. The molecule has 0 aliphatic carbocycles. The third-order valence-corrected chi connectivity index (χ3v) is 4.17. The van der Waals surface area contributed by atoms with Crippen LogP contribution < -0.4 is 0 Å². The normalized spacial score (nSPS) is 10.5. The third kappa shape index (κ3) is 5.53. The molecule has 1 aromatic rings. The molecule has 0 bridgehead atoms. The molecule has 1 aromatic carbocycles. The molecule has 0 heterocycles. The van der Waals surface area contributed by atoms with Crippen LogP contribution in [0.2, 0.25) is 0 Å². The topological polar surface area (TPSA) is 0 Å². The Hall–Kier alpha value is -0.0800. The van der Waals surface area contributed by atoms with E-state index >= 15 is 0 Å². The van der Waals surface area contributed by atoms with E-state index in [1.54, 1.807) is 11.8 Å². The quantitative estimate of drug-likeness (QED) is 0.481. The lowest BCUT2D eigenvalue weighted by molar-refractivity contribution is 0.706. The molecule has 0 radical (unpaired) electrons. The summed E-state index contributed by atoms with van der Waals surface area (Å²) < 4.78 is 0. The molecule has 0 unspecified atom stereocenters. The van der Waals surface area contributed by atoms with Crippen molar-refractivity contribution in [3.63, 3.8) is 0 Å². The number of hydrogen-bond donors (Lipinski definition) is 0. The summed E-state index contributed by atoms with van der Waals surface area (Å²) in [5.74, 6) is 1.26. The van der Waals surface area contributed by atoms with E-state index in [1.165, 1.54) is 41.2 Å². The molecule has 0 saturated carbocycles. The Labute approximate surface area is 102 Å². The first kappa shape index (κ1) is 13.0. The average Bonchev–Trinajstić information content (AvgIpc) is 2.30. The minimum Gasteiger partial charge on any atom is -0.130 e. The Kier molecular flexibility index (Phi) is 7.03. The molecule has 0 atom stereocenters. The standard InChI is InChI=1S/C13H20S2/c1-3-4-5-6-11-15-13-9-7-12(14-2)8-10-13/h7-10H,3-6,11H2,1-2H3. The molecular weight excluding hydrogens is 220 g/mol. The van der Waals surface area contributed by atoms with Gasteiger partial charge in [0.1, 0.15) is 0 Å². The summed E-state index contributed by atoms with van der Waals surface area (Å²) in [7, 11) is 0. The van der Waals surface area contributed by atoms with Crippen LogP contribution in [0.25, 0.3) is 0 Å². The van der Waals surface area contributed by atoms with Gasteiger partial charge in [0.2, 0.25) is 0 Å². The molecule has 0 amide bonds. The lowest BCUT2D eigenvalue weighted by Crippen LogP contribution is -1.81. The van der Waals surface area contributed by atoms with Crippen molar-refractivity contribution in [1.29, 1.82) is 0 Å². The molecule has 0 aliphatic rings. The predicted molar refractivity (Wildman–Crippen MR) is 73.1 cm³/mol. The Morgan fingerprint density at radius 3 is 2.20 bits per heavy atom. The average molecular weight is 240 g/mol. The van der Waals surface area contributed by atoms with E-state index in [2.05, 4.69) is 37.4 Å². The second-order valence-corrected chi connectivity index (χ2v) is 5.63. The van der Waals surface area contributed by atoms with Gasteiger partial charge in [-0.05, 0) is 42.7 Å². The summed E-state index contributed by atoms with van der Waals surface area (Å²) in [4.78, 5) is 2.76. The molecule has 0 saturated heterocycles. The van der Waals surface area contributed by atoms with E-state index in [0.29, 0.717) is 0 Å². The van der Waals surface area contributed by atoms with Crippen molar-refractivity contribution < 1.29 is 0 Å². The largest absolute Gasteiger partial charge is 0.130 e. The number of unbranched alkanes of at least 4 members (excludes halogenated alkanes) is 3. The van der Waals surface area contributed by atoms with Crippen LogP contribution in [-0.4, -0.2) is 12.0 Å². The van der Waals surface area contributed by atoms with E-state index in [-0.39, 0.29) is 0 Å². The molecular formula is C13H20S2. The fraction of sp³-hybridized carbons (Fsp3) is 0.538. The highest BCUT2D eigenvalue weighted by atomic mass is 32.2. The zero-order valence-corrected chi connectivity index (χ0v) is 11.3. The molecule has 0 nitrogen and oxygen atoms in total. The highest BCUT2D eigenvalue weighted by Gasteiger charge is 1.94. The van der Waals surface area contributed by atoms with Crippen molar-refractivity contribution in [3.8, 4) is 0 Å². The van der Waals surface area contributed by atoms with Gasteiger partial charge in [0.05, 0.1) is 0 Å². The molecule has 15 heavy (non-hydrogen) atoms. The van der Waals surface area contributed by atoms with E-state index < -0.39 is 0 Å². The second kappa shape index (κ2) is 8.12. The van der Waals surface area contributed by atoms with Gasteiger partial charge in [-0.1, -0.05) is 26.2 Å². The zero-order chi connectivity index (χ0) is 10.9. The van der Waals surface area contributed by atoms with Crippen LogP contribution in [-0.2, 0) is 0 Å². The van der Waals surface area contributed by atoms with Crippen LogP contribution in [0.4, 0.5) is 0 Å². The summed E-state index contributed by atoms with van der Waals surface area (Å²) in [5, 5.41) is 0. The van der Waals surface area contributed by atoms with Crippen LogP contribution in [0.15, 0.2) is 34.1 Å². The molecule has 84 valence electrons. The van der Waals surface area contributed by atoms with Gasteiger partial charge in [-0.25, -0.2) is 0 Å². The minimum atomic E-state index is 1.26. The SMILES string of the molecule is CCCCCCSc1ccc(SC)cc1. The van der Waals surface area contributed by atoms with E-state index in [0.717, 1.165) is 0 Å².